The fourth-order valence-electron chi connectivity index (χ4n) is 2.42. The minimum Gasteiger partial charge on any atom is -0.361 e. The van der Waals surface area contributed by atoms with E-state index in [1.807, 2.05) is 18.7 Å². The van der Waals surface area contributed by atoms with Crippen LogP contribution in [-0.2, 0) is 11.2 Å². The topological polar surface area (TPSA) is 49.6 Å². The first-order chi connectivity index (χ1) is 9.47. The van der Waals surface area contributed by atoms with E-state index >= 15 is 0 Å². The summed E-state index contributed by atoms with van der Waals surface area (Å²) in [6.07, 6.45) is 0.364. The second kappa shape index (κ2) is 6.41. The quantitative estimate of drug-likeness (QED) is 0.849. The fraction of sp³-hybridized carbons (Fsp3) is 0.571. The van der Waals surface area contributed by atoms with Gasteiger partial charge in [0.15, 0.2) is 0 Å². The van der Waals surface area contributed by atoms with Gasteiger partial charge in [-0.2, -0.15) is 0 Å². The molecule has 0 aromatic carbocycles. The molecule has 1 aliphatic rings. The highest BCUT2D eigenvalue weighted by Gasteiger charge is 2.23. The van der Waals surface area contributed by atoms with Gasteiger partial charge in [-0.25, -0.2) is 0 Å². The number of carbonyl (C=O) groups is 1. The first kappa shape index (κ1) is 15.1. The van der Waals surface area contributed by atoms with Gasteiger partial charge in [0, 0.05) is 43.3 Å². The lowest BCUT2D eigenvalue weighted by Crippen LogP contribution is -2.49. The van der Waals surface area contributed by atoms with E-state index in [1.54, 1.807) is 0 Å². The Labute approximate surface area is 124 Å². The van der Waals surface area contributed by atoms with Crippen molar-refractivity contribution in [2.45, 2.75) is 20.3 Å². The van der Waals surface area contributed by atoms with Gasteiger partial charge in [0.05, 0.1) is 12.1 Å². The van der Waals surface area contributed by atoms with Crippen LogP contribution in [0.1, 0.15) is 17.0 Å². The maximum atomic E-state index is 12.3. The van der Waals surface area contributed by atoms with Crippen LogP contribution in [0.25, 0.3) is 0 Å². The molecule has 0 N–H and O–H groups in total. The number of nitrogens with zero attached hydrogens (tertiary/aromatic N) is 3. The Bertz CT molecular complexity index is 485. The van der Waals surface area contributed by atoms with Crippen molar-refractivity contribution in [2.24, 2.45) is 0 Å². The molecular weight excluding hydrogens is 278 g/mol. The molecule has 1 aromatic rings. The molecular formula is C14H20ClN3O2. The Morgan fingerprint density at radius 2 is 2.00 bits per heavy atom. The third-order valence-electron chi connectivity index (χ3n) is 3.63. The molecule has 0 spiro atoms. The van der Waals surface area contributed by atoms with Crippen LogP contribution in [0, 0.1) is 13.8 Å². The Balaban J connectivity index is 1.88. The third kappa shape index (κ3) is 3.61. The molecule has 110 valence electrons. The van der Waals surface area contributed by atoms with E-state index in [9.17, 15) is 4.79 Å². The predicted octanol–water partition coefficient (Wildman–Crippen LogP) is 1.73. The number of aryl methyl sites for hydroxylation is 2. The second-order valence-electron chi connectivity index (χ2n) is 5.15. The summed E-state index contributed by atoms with van der Waals surface area (Å²) in [5.41, 5.74) is 1.71. The van der Waals surface area contributed by atoms with Crippen molar-refractivity contribution < 1.29 is 9.32 Å². The summed E-state index contributed by atoms with van der Waals surface area (Å²) in [5.74, 6) is 0.858. The lowest BCUT2D eigenvalue weighted by molar-refractivity contribution is -0.132. The first-order valence-electron chi connectivity index (χ1n) is 6.72. The highest BCUT2D eigenvalue weighted by molar-refractivity contribution is 6.29. The number of rotatable bonds is 4. The minimum absolute atomic E-state index is 0.128. The summed E-state index contributed by atoms with van der Waals surface area (Å²) < 4.78 is 5.09. The van der Waals surface area contributed by atoms with Crippen molar-refractivity contribution in [3.63, 3.8) is 0 Å². The van der Waals surface area contributed by atoms with Gasteiger partial charge in [-0.1, -0.05) is 23.3 Å². The van der Waals surface area contributed by atoms with Gasteiger partial charge in [0.2, 0.25) is 5.91 Å². The summed E-state index contributed by atoms with van der Waals surface area (Å²) >= 11 is 5.81. The van der Waals surface area contributed by atoms with E-state index in [-0.39, 0.29) is 5.91 Å². The number of carbonyl (C=O) groups excluding carboxylic acids is 1. The Kier molecular flexibility index (Phi) is 4.83. The summed E-state index contributed by atoms with van der Waals surface area (Å²) in [6.45, 7) is 11.2. The second-order valence-corrected chi connectivity index (χ2v) is 5.69. The molecule has 20 heavy (non-hydrogen) atoms. The summed E-state index contributed by atoms with van der Waals surface area (Å²) in [7, 11) is 0. The number of piperazine rings is 1. The van der Waals surface area contributed by atoms with Crippen molar-refractivity contribution >= 4 is 17.5 Å². The molecule has 1 aromatic heterocycles. The first-order valence-corrected chi connectivity index (χ1v) is 7.10. The van der Waals surface area contributed by atoms with E-state index in [1.165, 1.54) is 0 Å². The molecule has 1 saturated heterocycles. The van der Waals surface area contributed by atoms with Gasteiger partial charge >= 0.3 is 0 Å². The zero-order chi connectivity index (χ0) is 14.7. The summed E-state index contributed by atoms with van der Waals surface area (Å²) in [4.78, 5) is 16.4. The molecule has 0 atom stereocenters. The van der Waals surface area contributed by atoms with Crippen LogP contribution in [0.2, 0.25) is 0 Å². The van der Waals surface area contributed by atoms with Crippen LogP contribution in [0.4, 0.5) is 0 Å². The van der Waals surface area contributed by atoms with E-state index in [0.717, 1.165) is 43.2 Å². The SMILES string of the molecule is C=C(Cl)CN1CCN(C(=O)Cc2c(C)noc2C)CC1. The van der Waals surface area contributed by atoms with Gasteiger partial charge in [0.1, 0.15) is 5.76 Å². The maximum absolute atomic E-state index is 12.3. The largest absolute Gasteiger partial charge is 0.361 e. The van der Waals surface area contributed by atoms with Crippen molar-refractivity contribution in [1.82, 2.24) is 15.0 Å². The number of hydrogen-bond acceptors (Lipinski definition) is 4. The minimum atomic E-state index is 0.128. The third-order valence-corrected chi connectivity index (χ3v) is 3.75. The molecule has 0 radical (unpaired) electrons. The van der Waals surface area contributed by atoms with Crippen LogP contribution in [0.3, 0.4) is 0 Å². The van der Waals surface area contributed by atoms with Gasteiger partial charge in [-0.05, 0) is 13.8 Å². The highest BCUT2D eigenvalue weighted by Crippen LogP contribution is 2.15. The van der Waals surface area contributed by atoms with Crippen LogP contribution in [0.5, 0.6) is 0 Å². The molecule has 2 rings (SSSR count). The standard InChI is InChI=1S/C14H20ClN3O2/c1-10(15)9-17-4-6-18(7-5-17)14(19)8-13-11(2)16-20-12(13)3/h1,4-9H2,2-3H3. The van der Waals surface area contributed by atoms with Gasteiger partial charge in [0.25, 0.3) is 0 Å². The molecule has 0 bridgehead atoms. The molecule has 0 aliphatic carbocycles. The predicted molar refractivity (Wildman–Crippen MR) is 77.7 cm³/mol. The summed E-state index contributed by atoms with van der Waals surface area (Å²) in [5, 5.41) is 4.52. The van der Waals surface area contributed by atoms with Crippen LogP contribution in [0.15, 0.2) is 16.1 Å². The molecule has 5 nitrogen and oxygen atoms in total. The van der Waals surface area contributed by atoms with Crippen molar-refractivity contribution in [3.8, 4) is 0 Å². The van der Waals surface area contributed by atoms with Crippen molar-refractivity contribution in [3.05, 3.63) is 28.6 Å². The van der Waals surface area contributed by atoms with E-state index in [2.05, 4.69) is 16.6 Å². The van der Waals surface area contributed by atoms with Gasteiger partial charge in [-0.15, -0.1) is 0 Å². The van der Waals surface area contributed by atoms with Gasteiger partial charge in [-0.3, -0.25) is 9.69 Å². The van der Waals surface area contributed by atoms with Crippen LogP contribution >= 0.6 is 11.6 Å². The maximum Gasteiger partial charge on any atom is 0.227 e. The molecule has 6 heteroatoms. The van der Waals surface area contributed by atoms with Crippen molar-refractivity contribution in [1.29, 1.82) is 0 Å². The zero-order valence-corrected chi connectivity index (χ0v) is 12.7. The molecule has 1 amide bonds. The average molecular weight is 298 g/mol. The average Bonchev–Trinajstić information content (AvgIpc) is 2.70. The van der Waals surface area contributed by atoms with Crippen molar-refractivity contribution in [2.75, 3.05) is 32.7 Å². The van der Waals surface area contributed by atoms with E-state index in [4.69, 9.17) is 16.1 Å². The number of halogens is 1. The van der Waals surface area contributed by atoms with Crippen LogP contribution < -0.4 is 0 Å². The van der Waals surface area contributed by atoms with E-state index < -0.39 is 0 Å². The molecule has 1 aliphatic heterocycles. The Morgan fingerprint density at radius 1 is 1.35 bits per heavy atom. The lowest BCUT2D eigenvalue weighted by atomic mass is 10.1. The monoisotopic (exact) mass is 297 g/mol. The number of amides is 1. The highest BCUT2D eigenvalue weighted by atomic mass is 35.5. The molecule has 2 heterocycles. The van der Waals surface area contributed by atoms with E-state index in [0.29, 0.717) is 18.0 Å². The molecule has 0 unspecified atom stereocenters. The fourth-order valence-corrected chi connectivity index (χ4v) is 2.58. The number of hydrogen-bond donors (Lipinski definition) is 0. The summed E-state index contributed by atoms with van der Waals surface area (Å²) in [6, 6.07) is 0. The number of aromatic nitrogens is 1. The Morgan fingerprint density at radius 3 is 2.50 bits per heavy atom. The Hall–Kier alpha value is -1.33. The smallest absolute Gasteiger partial charge is 0.227 e. The molecule has 1 fully saturated rings. The lowest BCUT2D eigenvalue weighted by Gasteiger charge is -2.34. The normalized spacial score (nSPS) is 16.4. The zero-order valence-electron chi connectivity index (χ0n) is 12.0. The molecule has 0 saturated carbocycles. The van der Waals surface area contributed by atoms with Crippen LogP contribution in [-0.4, -0.2) is 53.6 Å². The van der Waals surface area contributed by atoms with Gasteiger partial charge < -0.3 is 9.42 Å².